The zero-order valence-corrected chi connectivity index (χ0v) is 11.5. The Hall–Kier alpha value is -2.28. The van der Waals surface area contributed by atoms with Crippen molar-refractivity contribution in [2.45, 2.75) is 19.8 Å². The number of aromatic nitrogens is 1. The van der Waals surface area contributed by atoms with E-state index in [9.17, 15) is 14.9 Å². The maximum Gasteiger partial charge on any atom is 0.308 e. The van der Waals surface area contributed by atoms with Crippen LogP contribution in [0.25, 0.3) is 11.3 Å². The van der Waals surface area contributed by atoms with Crippen LogP contribution in [0.5, 0.6) is 0 Å². The van der Waals surface area contributed by atoms with Crippen LogP contribution in [0.2, 0.25) is 0 Å². The lowest BCUT2D eigenvalue weighted by Crippen LogP contribution is -1.99. The second-order valence-corrected chi connectivity index (χ2v) is 5.28. The highest BCUT2D eigenvalue weighted by atomic mass is 32.1. The van der Waals surface area contributed by atoms with Gasteiger partial charge in [0.15, 0.2) is 0 Å². The number of aliphatic carboxylic acids is 1. The normalized spacial score (nSPS) is 10.4. The minimum Gasteiger partial charge on any atom is -0.481 e. The van der Waals surface area contributed by atoms with E-state index in [4.69, 9.17) is 5.11 Å². The van der Waals surface area contributed by atoms with Crippen molar-refractivity contribution in [3.05, 3.63) is 44.3 Å². The second kappa shape index (κ2) is 5.79. The lowest BCUT2D eigenvalue weighted by molar-refractivity contribution is -0.384. The van der Waals surface area contributed by atoms with Gasteiger partial charge in [-0.2, -0.15) is 0 Å². The van der Waals surface area contributed by atoms with Crippen molar-refractivity contribution in [2.24, 2.45) is 0 Å². The molecule has 2 aromatic rings. The van der Waals surface area contributed by atoms with Crippen LogP contribution in [0.1, 0.15) is 16.8 Å². The first-order chi connectivity index (χ1) is 9.51. The Bertz CT molecular complexity index is 666. The van der Waals surface area contributed by atoms with Gasteiger partial charge in [0.05, 0.1) is 22.0 Å². The summed E-state index contributed by atoms with van der Waals surface area (Å²) < 4.78 is 0. The van der Waals surface area contributed by atoms with Gasteiger partial charge in [0.1, 0.15) is 0 Å². The number of hydrogen-bond acceptors (Lipinski definition) is 5. The molecule has 1 N–H and O–H groups in total. The Morgan fingerprint density at radius 3 is 2.85 bits per heavy atom. The van der Waals surface area contributed by atoms with Gasteiger partial charge < -0.3 is 5.11 Å². The van der Waals surface area contributed by atoms with Gasteiger partial charge in [-0.05, 0) is 6.42 Å². The molecule has 0 fully saturated rings. The fraction of sp³-hybridized carbons (Fsp3) is 0.231. The number of carboxylic acid groups (broad SMARTS) is 1. The number of nitro benzene ring substituents is 1. The average Bonchev–Trinajstić information content (AvgIpc) is 2.81. The summed E-state index contributed by atoms with van der Waals surface area (Å²) in [4.78, 5) is 26.2. The molecule has 0 radical (unpaired) electrons. The van der Waals surface area contributed by atoms with E-state index in [-0.39, 0.29) is 12.1 Å². The SMILES string of the molecule is CCc1nc(-c2cccc([N+](=O)[O-])c2)c(CC(=O)O)s1. The van der Waals surface area contributed by atoms with Crippen LogP contribution in [0.3, 0.4) is 0 Å². The summed E-state index contributed by atoms with van der Waals surface area (Å²) in [5.41, 5.74) is 1.07. The molecule has 1 aromatic carbocycles. The van der Waals surface area contributed by atoms with Gasteiger partial charge in [0, 0.05) is 22.6 Å². The first-order valence-electron chi connectivity index (χ1n) is 5.96. The van der Waals surface area contributed by atoms with Crippen LogP contribution in [-0.4, -0.2) is 21.0 Å². The number of nitrogens with zero attached hydrogens (tertiary/aromatic N) is 2. The van der Waals surface area contributed by atoms with Crippen molar-refractivity contribution in [1.82, 2.24) is 4.98 Å². The van der Waals surface area contributed by atoms with Crippen LogP contribution in [0.4, 0.5) is 5.69 Å². The number of thiazole rings is 1. The Balaban J connectivity index is 2.50. The quantitative estimate of drug-likeness (QED) is 0.675. The van der Waals surface area contributed by atoms with E-state index in [0.717, 1.165) is 5.01 Å². The lowest BCUT2D eigenvalue weighted by Gasteiger charge is -2.00. The van der Waals surface area contributed by atoms with Gasteiger partial charge >= 0.3 is 5.97 Å². The molecule has 104 valence electrons. The van der Waals surface area contributed by atoms with Gasteiger partial charge in [-0.25, -0.2) is 4.98 Å². The highest BCUT2D eigenvalue weighted by Gasteiger charge is 2.17. The van der Waals surface area contributed by atoms with Crippen LogP contribution in [-0.2, 0) is 17.6 Å². The summed E-state index contributed by atoms with van der Waals surface area (Å²) in [5.74, 6) is -0.942. The van der Waals surface area contributed by atoms with E-state index in [1.165, 1.54) is 23.5 Å². The molecule has 0 saturated heterocycles. The molecule has 1 aromatic heterocycles. The van der Waals surface area contributed by atoms with Gasteiger partial charge in [-0.3, -0.25) is 14.9 Å². The molecule has 20 heavy (non-hydrogen) atoms. The standard InChI is InChI=1S/C13H12N2O4S/c1-2-11-14-13(10(20-11)7-12(16)17)8-4-3-5-9(6-8)15(18)19/h3-6H,2,7H2,1H3,(H,16,17). The second-order valence-electron chi connectivity index (χ2n) is 4.11. The summed E-state index contributed by atoms with van der Waals surface area (Å²) in [5, 5.41) is 20.6. The number of carbonyl (C=O) groups is 1. The van der Waals surface area contributed by atoms with Crippen LogP contribution in [0.15, 0.2) is 24.3 Å². The molecule has 1 heterocycles. The zero-order chi connectivity index (χ0) is 14.7. The van der Waals surface area contributed by atoms with Gasteiger partial charge in [-0.1, -0.05) is 19.1 Å². The summed E-state index contributed by atoms with van der Waals surface area (Å²) in [7, 11) is 0. The van der Waals surface area contributed by atoms with Crippen molar-refractivity contribution >= 4 is 23.0 Å². The summed E-state index contributed by atoms with van der Waals surface area (Å²) >= 11 is 1.34. The molecule has 6 nitrogen and oxygen atoms in total. The van der Waals surface area contributed by atoms with E-state index in [1.807, 2.05) is 6.92 Å². The topological polar surface area (TPSA) is 93.3 Å². The fourth-order valence-corrected chi connectivity index (χ4v) is 2.82. The molecule has 0 aliphatic carbocycles. The molecule has 0 amide bonds. The third kappa shape index (κ3) is 3.00. The molecule has 2 rings (SSSR count). The smallest absolute Gasteiger partial charge is 0.308 e. The monoisotopic (exact) mass is 292 g/mol. The molecule has 0 saturated carbocycles. The first kappa shape index (κ1) is 14.1. The molecule has 0 atom stereocenters. The van der Waals surface area contributed by atoms with Crippen molar-refractivity contribution in [3.8, 4) is 11.3 Å². The maximum absolute atomic E-state index is 10.9. The minimum absolute atomic E-state index is 0.0326. The molecule has 0 bridgehead atoms. The minimum atomic E-state index is -0.942. The molecule has 0 spiro atoms. The maximum atomic E-state index is 10.9. The number of hydrogen-bond donors (Lipinski definition) is 1. The van der Waals surface area contributed by atoms with E-state index in [0.29, 0.717) is 22.6 Å². The molecular formula is C13H12N2O4S. The molecular weight excluding hydrogens is 280 g/mol. The number of benzene rings is 1. The number of nitro groups is 1. The average molecular weight is 292 g/mol. The van der Waals surface area contributed by atoms with Gasteiger partial charge in [0.25, 0.3) is 5.69 Å². The fourth-order valence-electron chi connectivity index (χ4n) is 1.80. The zero-order valence-electron chi connectivity index (χ0n) is 10.7. The first-order valence-corrected chi connectivity index (χ1v) is 6.78. The number of aryl methyl sites for hydroxylation is 1. The Labute approximate surface area is 118 Å². The predicted molar refractivity (Wildman–Crippen MR) is 74.9 cm³/mol. The summed E-state index contributed by atoms with van der Waals surface area (Å²) in [6.45, 7) is 1.93. The van der Waals surface area contributed by atoms with E-state index in [1.54, 1.807) is 12.1 Å². The summed E-state index contributed by atoms with van der Waals surface area (Å²) in [6.07, 6.45) is 0.571. The van der Waals surface area contributed by atoms with Crippen LogP contribution < -0.4 is 0 Å². The van der Waals surface area contributed by atoms with E-state index < -0.39 is 10.9 Å². The van der Waals surface area contributed by atoms with Crippen LogP contribution in [0, 0.1) is 10.1 Å². The van der Waals surface area contributed by atoms with Crippen molar-refractivity contribution < 1.29 is 14.8 Å². The highest BCUT2D eigenvalue weighted by molar-refractivity contribution is 7.12. The molecule has 0 aliphatic rings. The van der Waals surface area contributed by atoms with Crippen LogP contribution >= 0.6 is 11.3 Å². The predicted octanol–water partition coefficient (Wildman–Crippen LogP) is 2.91. The number of carboxylic acids is 1. The Morgan fingerprint density at radius 1 is 1.50 bits per heavy atom. The van der Waals surface area contributed by atoms with Crippen molar-refractivity contribution in [2.75, 3.05) is 0 Å². The molecule has 7 heteroatoms. The van der Waals surface area contributed by atoms with Crippen molar-refractivity contribution in [3.63, 3.8) is 0 Å². The number of rotatable bonds is 5. The summed E-state index contributed by atoms with van der Waals surface area (Å²) in [6, 6.07) is 6.09. The Kier molecular flexibility index (Phi) is 4.09. The largest absolute Gasteiger partial charge is 0.481 e. The third-order valence-electron chi connectivity index (χ3n) is 2.69. The molecule has 0 unspecified atom stereocenters. The highest BCUT2D eigenvalue weighted by Crippen LogP contribution is 2.31. The number of non-ortho nitro benzene ring substituents is 1. The lowest BCUT2D eigenvalue weighted by atomic mass is 10.1. The van der Waals surface area contributed by atoms with Gasteiger partial charge in [-0.15, -0.1) is 11.3 Å². The van der Waals surface area contributed by atoms with E-state index >= 15 is 0 Å². The van der Waals surface area contributed by atoms with E-state index in [2.05, 4.69) is 4.98 Å². The third-order valence-corrected chi connectivity index (χ3v) is 3.89. The Morgan fingerprint density at radius 2 is 2.25 bits per heavy atom. The van der Waals surface area contributed by atoms with Crippen molar-refractivity contribution in [1.29, 1.82) is 0 Å². The van der Waals surface area contributed by atoms with Gasteiger partial charge in [0.2, 0.25) is 0 Å². The molecule has 0 aliphatic heterocycles.